The maximum Gasteiger partial charge on any atom is 0.317 e. The fourth-order valence-electron chi connectivity index (χ4n) is 2.90. The lowest BCUT2D eigenvalue weighted by Gasteiger charge is -2.19. The lowest BCUT2D eigenvalue weighted by molar-refractivity contribution is 0.206. The molecule has 3 heterocycles. The van der Waals surface area contributed by atoms with Crippen LogP contribution in [0.15, 0.2) is 30.7 Å². The van der Waals surface area contributed by atoms with Crippen molar-refractivity contribution in [3.8, 4) is 0 Å². The van der Waals surface area contributed by atoms with E-state index < -0.39 is 0 Å². The van der Waals surface area contributed by atoms with E-state index in [1.807, 2.05) is 25.5 Å². The third kappa shape index (κ3) is 4.04. The summed E-state index contributed by atoms with van der Waals surface area (Å²) in [5, 5.41) is 7.07. The number of carbonyl (C=O) groups is 1. The van der Waals surface area contributed by atoms with Crippen LogP contribution >= 0.6 is 0 Å². The standard InChI is InChI=1S/C17H24N6O/c1-21(12-15-11-20-22(2)13-15)17(24)19-10-14-5-6-18-16(9-14)23-7-3-4-8-23/h5-6,9,11,13H,3-4,7-8,10,12H2,1-2H3,(H,19,24). The third-order valence-corrected chi connectivity index (χ3v) is 4.21. The molecule has 0 aliphatic carbocycles. The van der Waals surface area contributed by atoms with Gasteiger partial charge in [0, 0.05) is 51.7 Å². The number of nitrogens with one attached hydrogen (secondary N) is 1. The van der Waals surface area contributed by atoms with Gasteiger partial charge in [-0.25, -0.2) is 9.78 Å². The monoisotopic (exact) mass is 328 g/mol. The number of pyridine rings is 1. The minimum Gasteiger partial charge on any atom is -0.357 e. The molecule has 1 N–H and O–H groups in total. The van der Waals surface area contributed by atoms with E-state index in [0.717, 1.165) is 30.0 Å². The van der Waals surface area contributed by atoms with Gasteiger partial charge in [0.2, 0.25) is 0 Å². The summed E-state index contributed by atoms with van der Waals surface area (Å²) in [7, 11) is 3.65. The number of amides is 2. The Morgan fingerprint density at radius 3 is 2.83 bits per heavy atom. The second-order valence-corrected chi connectivity index (χ2v) is 6.25. The molecule has 1 aliphatic heterocycles. The SMILES string of the molecule is CN(Cc1cnn(C)c1)C(=O)NCc1ccnc(N2CCCC2)c1. The van der Waals surface area contributed by atoms with Crippen molar-refractivity contribution in [2.45, 2.75) is 25.9 Å². The summed E-state index contributed by atoms with van der Waals surface area (Å²) >= 11 is 0. The maximum atomic E-state index is 12.2. The molecule has 24 heavy (non-hydrogen) atoms. The van der Waals surface area contributed by atoms with Gasteiger partial charge in [-0.2, -0.15) is 5.10 Å². The van der Waals surface area contributed by atoms with Gasteiger partial charge in [0.1, 0.15) is 5.82 Å². The molecule has 128 valence electrons. The summed E-state index contributed by atoms with van der Waals surface area (Å²) in [5.74, 6) is 1.00. The van der Waals surface area contributed by atoms with E-state index in [0.29, 0.717) is 13.1 Å². The average Bonchev–Trinajstić information content (AvgIpc) is 3.25. The van der Waals surface area contributed by atoms with Gasteiger partial charge in [-0.05, 0) is 30.5 Å². The van der Waals surface area contributed by atoms with Gasteiger partial charge in [0.05, 0.1) is 12.7 Å². The molecule has 1 aliphatic rings. The first-order valence-electron chi connectivity index (χ1n) is 8.28. The Hall–Kier alpha value is -2.57. The van der Waals surface area contributed by atoms with E-state index in [-0.39, 0.29) is 6.03 Å². The molecule has 0 unspecified atom stereocenters. The van der Waals surface area contributed by atoms with E-state index >= 15 is 0 Å². The maximum absolute atomic E-state index is 12.2. The fourth-order valence-corrected chi connectivity index (χ4v) is 2.90. The van der Waals surface area contributed by atoms with Gasteiger partial charge in [-0.1, -0.05) is 0 Å². The summed E-state index contributed by atoms with van der Waals surface area (Å²) in [6.45, 7) is 3.17. The van der Waals surface area contributed by atoms with Crippen LogP contribution in [0, 0.1) is 0 Å². The zero-order valence-corrected chi connectivity index (χ0v) is 14.3. The molecular weight excluding hydrogens is 304 g/mol. The van der Waals surface area contributed by atoms with E-state index in [4.69, 9.17) is 0 Å². The number of nitrogens with zero attached hydrogens (tertiary/aromatic N) is 5. The average molecular weight is 328 g/mol. The number of urea groups is 1. The molecule has 0 saturated carbocycles. The van der Waals surface area contributed by atoms with Crippen LogP contribution in [0.25, 0.3) is 0 Å². The molecule has 0 bridgehead atoms. The summed E-state index contributed by atoms with van der Waals surface area (Å²) in [4.78, 5) is 20.6. The molecule has 1 saturated heterocycles. The number of carbonyl (C=O) groups excluding carboxylic acids is 1. The molecule has 2 amide bonds. The van der Waals surface area contributed by atoms with Gasteiger partial charge >= 0.3 is 6.03 Å². The van der Waals surface area contributed by atoms with Crippen molar-refractivity contribution >= 4 is 11.8 Å². The van der Waals surface area contributed by atoms with Crippen LogP contribution in [-0.4, -0.2) is 45.8 Å². The highest BCUT2D eigenvalue weighted by Gasteiger charge is 2.14. The van der Waals surface area contributed by atoms with Crippen LogP contribution in [0.5, 0.6) is 0 Å². The van der Waals surface area contributed by atoms with Crippen LogP contribution in [0.1, 0.15) is 24.0 Å². The molecule has 1 fully saturated rings. The number of aromatic nitrogens is 3. The Morgan fingerprint density at radius 2 is 2.12 bits per heavy atom. The summed E-state index contributed by atoms with van der Waals surface area (Å²) < 4.78 is 1.73. The fraction of sp³-hybridized carbons (Fsp3) is 0.471. The number of anilines is 1. The smallest absolute Gasteiger partial charge is 0.317 e. The van der Waals surface area contributed by atoms with Gasteiger partial charge in [0.25, 0.3) is 0 Å². The van der Waals surface area contributed by atoms with E-state index in [1.54, 1.807) is 22.8 Å². The van der Waals surface area contributed by atoms with Crippen molar-refractivity contribution in [2.75, 3.05) is 25.0 Å². The van der Waals surface area contributed by atoms with Gasteiger partial charge in [0.15, 0.2) is 0 Å². The van der Waals surface area contributed by atoms with E-state index in [1.165, 1.54) is 12.8 Å². The van der Waals surface area contributed by atoms with Crippen molar-refractivity contribution < 1.29 is 4.79 Å². The largest absolute Gasteiger partial charge is 0.357 e. The Kier molecular flexibility index (Phi) is 4.98. The highest BCUT2D eigenvalue weighted by atomic mass is 16.2. The van der Waals surface area contributed by atoms with Gasteiger partial charge < -0.3 is 15.1 Å². The van der Waals surface area contributed by atoms with Crippen molar-refractivity contribution in [1.29, 1.82) is 0 Å². The normalized spacial score (nSPS) is 14.0. The predicted octanol–water partition coefficient (Wildman–Crippen LogP) is 1.76. The molecule has 7 nitrogen and oxygen atoms in total. The van der Waals surface area contributed by atoms with E-state index in [2.05, 4.69) is 26.4 Å². The highest BCUT2D eigenvalue weighted by molar-refractivity contribution is 5.73. The zero-order valence-electron chi connectivity index (χ0n) is 14.3. The Morgan fingerprint density at radius 1 is 1.33 bits per heavy atom. The van der Waals surface area contributed by atoms with Gasteiger partial charge in [-0.3, -0.25) is 4.68 Å². The van der Waals surface area contributed by atoms with Crippen LogP contribution in [-0.2, 0) is 20.1 Å². The van der Waals surface area contributed by atoms with Crippen molar-refractivity contribution in [3.63, 3.8) is 0 Å². The van der Waals surface area contributed by atoms with Crippen LogP contribution in [0.3, 0.4) is 0 Å². The minimum atomic E-state index is -0.0987. The second kappa shape index (κ2) is 7.33. The summed E-state index contributed by atoms with van der Waals surface area (Å²) in [6, 6.07) is 3.91. The van der Waals surface area contributed by atoms with E-state index in [9.17, 15) is 4.79 Å². The number of rotatable bonds is 5. The summed E-state index contributed by atoms with van der Waals surface area (Å²) in [6.07, 6.45) is 7.95. The third-order valence-electron chi connectivity index (χ3n) is 4.21. The lowest BCUT2D eigenvalue weighted by atomic mass is 10.2. The number of hydrogen-bond acceptors (Lipinski definition) is 4. The minimum absolute atomic E-state index is 0.0987. The molecule has 3 rings (SSSR count). The molecule has 0 atom stereocenters. The topological polar surface area (TPSA) is 66.3 Å². The van der Waals surface area contributed by atoms with Crippen molar-refractivity contribution in [3.05, 3.63) is 41.9 Å². The molecule has 0 spiro atoms. The van der Waals surface area contributed by atoms with Crippen molar-refractivity contribution in [1.82, 2.24) is 25.0 Å². The van der Waals surface area contributed by atoms with Gasteiger partial charge in [-0.15, -0.1) is 0 Å². The zero-order chi connectivity index (χ0) is 16.9. The first-order chi connectivity index (χ1) is 11.6. The Labute approximate surface area is 142 Å². The van der Waals surface area contributed by atoms with Crippen LogP contribution < -0.4 is 10.2 Å². The Balaban J connectivity index is 1.52. The molecule has 7 heteroatoms. The lowest BCUT2D eigenvalue weighted by Crippen LogP contribution is -2.36. The summed E-state index contributed by atoms with van der Waals surface area (Å²) in [5.41, 5.74) is 2.07. The molecule has 0 radical (unpaired) electrons. The first-order valence-corrected chi connectivity index (χ1v) is 8.28. The van der Waals surface area contributed by atoms with Crippen LogP contribution in [0.2, 0.25) is 0 Å². The molecule has 0 aromatic carbocycles. The quantitative estimate of drug-likeness (QED) is 0.908. The first kappa shape index (κ1) is 16.3. The number of hydrogen-bond donors (Lipinski definition) is 1. The molecular formula is C17H24N6O. The second-order valence-electron chi connectivity index (χ2n) is 6.25. The van der Waals surface area contributed by atoms with Crippen molar-refractivity contribution in [2.24, 2.45) is 7.05 Å². The number of aryl methyl sites for hydroxylation is 1. The predicted molar refractivity (Wildman–Crippen MR) is 92.6 cm³/mol. The van der Waals surface area contributed by atoms with Crippen LogP contribution in [0.4, 0.5) is 10.6 Å². The molecule has 2 aromatic heterocycles. The Bertz CT molecular complexity index is 692. The highest BCUT2D eigenvalue weighted by Crippen LogP contribution is 2.18. The molecule has 2 aromatic rings.